The van der Waals surface area contributed by atoms with E-state index in [9.17, 15) is 4.79 Å². The maximum Gasteiger partial charge on any atom is 0.357 e. The molecule has 78 valence electrons. The van der Waals surface area contributed by atoms with Gasteiger partial charge in [0.25, 0.3) is 0 Å². The minimum atomic E-state index is -0.454. The van der Waals surface area contributed by atoms with Crippen LogP contribution in [-0.2, 0) is 11.2 Å². The lowest BCUT2D eigenvalue weighted by Crippen LogP contribution is -2.26. The van der Waals surface area contributed by atoms with Crippen molar-refractivity contribution in [2.45, 2.75) is 12.5 Å². The Hall–Kier alpha value is -0.980. The molecule has 5 nitrogen and oxygen atoms in total. The van der Waals surface area contributed by atoms with Crippen molar-refractivity contribution in [2.75, 3.05) is 13.7 Å². The van der Waals surface area contributed by atoms with Crippen LogP contribution in [0.15, 0.2) is 5.38 Å². The van der Waals surface area contributed by atoms with Gasteiger partial charge in [-0.05, 0) is 0 Å². The van der Waals surface area contributed by atoms with E-state index in [4.69, 9.17) is 10.8 Å². The number of rotatable bonds is 4. The van der Waals surface area contributed by atoms with Crippen LogP contribution in [0.3, 0.4) is 0 Å². The summed E-state index contributed by atoms with van der Waals surface area (Å²) in [5, 5.41) is 11.1. The highest BCUT2D eigenvalue weighted by Gasteiger charge is 2.12. The summed E-state index contributed by atoms with van der Waals surface area (Å²) >= 11 is 1.33. The lowest BCUT2D eigenvalue weighted by Gasteiger charge is -2.03. The van der Waals surface area contributed by atoms with Crippen molar-refractivity contribution in [3.63, 3.8) is 0 Å². The van der Waals surface area contributed by atoms with Crippen molar-refractivity contribution >= 4 is 17.3 Å². The molecule has 6 heteroatoms. The van der Waals surface area contributed by atoms with Crippen LogP contribution in [0.4, 0.5) is 0 Å². The van der Waals surface area contributed by atoms with E-state index in [1.165, 1.54) is 18.4 Å². The van der Waals surface area contributed by atoms with E-state index in [0.29, 0.717) is 6.42 Å². The van der Waals surface area contributed by atoms with Gasteiger partial charge in [-0.2, -0.15) is 0 Å². The maximum absolute atomic E-state index is 11.0. The minimum Gasteiger partial charge on any atom is -0.464 e. The number of carbonyl (C=O) groups is 1. The Morgan fingerprint density at radius 1 is 1.86 bits per heavy atom. The highest BCUT2D eigenvalue weighted by molar-refractivity contribution is 7.09. The number of nitrogens with two attached hydrogens (primary N) is 1. The average molecular weight is 216 g/mol. The van der Waals surface area contributed by atoms with Crippen molar-refractivity contribution in [3.05, 3.63) is 16.1 Å². The Morgan fingerprint density at radius 2 is 2.57 bits per heavy atom. The number of hydrogen-bond acceptors (Lipinski definition) is 6. The normalized spacial score (nSPS) is 12.5. The Kier molecular flexibility index (Phi) is 3.99. The maximum atomic E-state index is 11.0. The summed E-state index contributed by atoms with van der Waals surface area (Å²) in [6.07, 6.45) is 0.470. The second kappa shape index (κ2) is 5.04. The topological polar surface area (TPSA) is 85.4 Å². The van der Waals surface area contributed by atoms with E-state index in [-0.39, 0.29) is 18.3 Å². The summed E-state index contributed by atoms with van der Waals surface area (Å²) in [4.78, 5) is 15.0. The van der Waals surface area contributed by atoms with Crippen molar-refractivity contribution in [1.82, 2.24) is 4.98 Å². The third kappa shape index (κ3) is 2.76. The summed E-state index contributed by atoms with van der Waals surface area (Å²) in [6, 6.07) is -0.327. The minimum absolute atomic E-state index is 0.0901. The number of aromatic nitrogens is 1. The van der Waals surface area contributed by atoms with Gasteiger partial charge in [0.2, 0.25) is 0 Å². The van der Waals surface area contributed by atoms with E-state index >= 15 is 0 Å². The van der Waals surface area contributed by atoms with Crippen LogP contribution in [0.2, 0.25) is 0 Å². The molecule has 1 aromatic rings. The quantitative estimate of drug-likeness (QED) is 0.680. The average Bonchev–Trinajstić information content (AvgIpc) is 2.65. The first-order valence-corrected chi connectivity index (χ1v) is 4.94. The van der Waals surface area contributed by atoms with Gasteiger partial charge in [0.15, 0.2) is 5.69 Å². The van der Waals surface area contributed by atoms with Crippen LogP contribution < -0.4 is 5.73 Å². The summed E-state index contributed by atoms with van der Waals surface area (Å²) in [5.41, 5.74) is 5.81. The smallest absolute Gasteiger partial charge is 0.357 e. The molecule has 1 heterocycles. The first kappa shape index (κ1) is 11.1. The van der Waals surface area contributed by atoms with Gasteiger partial charge in [-0.25, -0.2) is 9.78 Å². The SMILES string of the molecule is COC(=O)c1csc(CC(N)CO)n1. The zero-order valence-corrected chi connectivity index (χ0v) is 8.58. The molecule has 1 aromatic heterocycles. The molecule has 0 fully saturated rings. The van der Waals surface area contributed by atoms with Gasteiger partial charge < -0.3 is 15.6 Å². The fourth-order valence-corrected chi connectivity index (χ4v) is 1.75. The predicted octanol–water partition coefficient (Wildman–Crippen LogP) is -0.208. The second-order valence-electron chi connectivity index (χ2n) is 2.76. The summed E-state index contributed by atoms with van der Waals surface area (Å²) in [6.45, 7) is -0.0901. The van der Waals surface area contributed by atoms with Gasteiger partial charge in [0.1, 0.15) is 0 Å². The van der Waals surface area contributed by atoms with Gasteiger partial charge >= 0.3 is 5.97 Å². The molecule has 0 saturated heterocycles. The largest absolute Gasteiger partial charge is 0.464 e. The van der Waals surface area contributed by atoms with Crippen molar-refractivity contribution < 1.29 is 14.6 Å². The lowest BCUT2D eigenvalue weighted by molar-refractivity contribution is 0.0594. The highest BCUT2D eigenvalue weighted by atomic mass is 32.1. The summed E-state index contributed by atoms with van der Waals surface area (Å²) < 4.78 is 4.51. The molecule has 0 bridgehead atoms. The number of carbonyl (C=O) groups excluding carboxylic acids is 1. The summed E-state index contributed by atoms with van der Waals surface area (Å²) in [7, 11) is 1.31. The van der Waals surface area contributed by atoms with Crippen LogP contribution >= 0.6 is 11.3 Å². The van der Waals surface area contributed by atoms with Crippen LogP contribution in [0.25, 0.3) is 0 Å². The fourth-order valence-electron chi connectivity index (χ4n) is 0.892. The number of thiazole rings is 1. The number of esters is 1. The summed E-state index contributed by atoms with van der Waals surface area (Å²) in [5.74, 6) is -0.454. The molecule has 0 spiro atoms. The van der Waals surface area contributed by atoms with E-state index in [0.717, 1.165) is 5.01 Å². The molecule has 0 aliphatic heterocycles. The Morgan fingerprint density at radius 3 is 3.14 bits per heavy atom. The van der Waals surface area contributed by atoms with Crippen LogP contribution in [0.5, 0.6) is 0 Å². The number of methoxy groups -OCH3 is 1. The predicted molar refractivity (Wildman–Crippen MR) is 52.2 cm³/mol. The van der Waals surface area contributed by atoms with E-state index in [1.807, 2.05) is 0 Å². The molecule has 0 aromatic carbocycles. The van der Waals surface area contributed by atoms with Crippen LogP contribution in [0, 0.1) is 0 Å². The Bertz CT molecular complexity index is 313. The van der Waals surface area contributed by atoms with Gasteiger partial charge in [0.05, 0.1) is 18.7 Å². The monoisotopic (exact) mass is 216 g/mol. The lowest BCUT2D eigenvalue weighted by atomic mass is 10.2. The molecule has 0 aliphatic carbocycles. The van der Waals surface area contributed by atoms with Crippen molar-refractivity contribution in [3.8, 4) is 0 Å². The van der Waals surface area contributed by atoms with Gasteiger partial charge in [-0.1, -0.05) is 0 Å². The molecule has 1 atom stereocenters. The molecule has 0 aliphatic rings. The number of hydrogen-bond donors (Lipinski definition) is 2. The van der Waals surface area contributed by atoms with Gasteiger partial charge in [0, 0.05) is 17.8 Å². The zero-order chi connectivity index (χ0) is 10.6. The first-order valence-electron chi connectivity index (χ1n) is 4.06. The molecular formula is C8H12N2O3S. The third-order valence-corrected chi connectivity index (χ3v) is 2.49. The van der Waals surface area contributed by atoms with E-state index in [2.05, 4.69) is 9.72 Å². The Labute approximate surface area is 85.5 Å². The zero-order valence-electron chi connectivity index (χ0n) is 7.77. The van der Waals surface area contributed by atoms with Gasteiger partial charge in [-0.3, -0.25) is 0 Å². The van der Waals surface area contributed by atoms with Crippen LogP contribution in [-0.4, -0.2) is 35.8 Å². The van der Waals surface area contributed by atoms with Gasteiger partial charge in [-0.15, -0.1) is 11.3 Å². The second-order valence-corrected chi connectivity index (χ2v) is 3.71. The molecule has 14 heavy (non-hydrogen) atoms. The number of aliphatic hydroxyl groups excluding tert-OH is 1. The molecular weight excluding hydrogens is 204 g/mol. The number of aliphatic hydroxyl groups is 1. The molecule has 0 radical (unpaired) electrons. The third-order valence-electron chi connectivity index (χ3n) is 1.62. The molecule has 3 N–H and O–H groups in total. The molecule has 1 rings (SSSR count). The molecule has 1 unspecified atom stereocenters. The van der Waals surface area contributed by atoms with Crippen molar-refractivity contribution in [2.24, 2.45) is 5.73 Å². The number of ether oxygens (including phenoxy) is 1. The fraction of sp³-hybridized carbons (Fsp3) is 0.500. The highest BCUT2D eigenvalue weighted by Crippen LogP contribution is 2.12. The molecule has 0 saturated carbocycles. The van der Waals surface area contributed by atoms with E-state index < -0.39 is 5.97 Å². The number of nitrogens with zero attached hydrogens (tertiary/aromatic N) is 1. The Balaban J connectivity index is 2.63. The molecule has 0 amide bonds. The van der Waals surface area contributed by atoms with E-state index in [1.54, 1.807) is 5.38 Å². The van der Waals surface area contributed by atoms with Crippen LogP contribution in [0.1, 0.15) is 15.5 Å². The van der Waals surface area contributed by atoms with Crippen molar-refractivity contribution in [1.29, 1.82) is 0 Å². The standard InChI is InChI=1S/C8H12N2O3S/c1-13-8(12)6-4-14-7(10-6)2-5(9)3-11/h4-5,11H,2-3,9H2,1H3. The first-order chi connectivity index (χ1) is 6.67.